The highest BCUT2D eigenvalue weighted by atomic mass is 16.5. The fourth-order valence-corrected chi connectivity index (χ4v) is 1.44. The summed E-state index contributed by atoms with van der Waals surface area (Å²) in [6.07, 6.45) is -0.569. The lowest BCUT2D eigenvalue weighted by Gasteiger charge is -2.14. The molecule has 1 aromatic rings. The number of ether oxygens (including phenoxy) is 1. The molecule has 0 aliphatic carbocycles. The molecule has 19 heavy (non-hydrogen) atoms. The predicted molar refractivity (Wildman–Crippen MR) is 73.0 cm³/mol. The van der Waals surface area contributed by atoms with Gasteiger partial charge in [-0.15, -0.1) is 0 Å². The van der Waals surface area contributed by atoms with E-state index in [2.05, 4.69) is 10.6 Å². The fraction of sp³-hybridized carbons (Fsp3) is 0.429. The number of hydrogen-bond acceptors (Lipinski definition) is 3. The lowest BCUT2D eigenvalue weighted by atomic mass is 10.2. The van der Waals surface area contributed by atoms with Gasteiger partial charge >= 0.3 is 0 Å². The zero-order valence-electron chi connectivity index (χ0n) is 11.5. The normalized spacial score (nSPS) is 11.5. The molecule has 0 aliphatic heterocycles. The average molecular weight is 264 g/mol. The van der Waals surface area contributed by atoms with Crippen molar-refractivity contribution in [3.63, 3.8) is 0 Å². The average Bonchev–Trinajstić information content (AvgIpc) is 2.36. The SMILES string of the molecule is CC(=O)NCCNC(=O)C(C)Oc1ccc(C)cc1. The number of hydrogen-bond donors (Lipinski definition) is 2. The topological polar surface area (TPSA) is 67.4 Å². The molecule has 0 heterocycles. The van der Waals surface area contributed by atoms with Gasteiger partial charge in [0.2, 0.25) is 5.91 Å². The van der Waals surface area contributed by atoms with Crippen molar-refractivity contribution in [2.75, 3.05) is 13.1 Å². The summed E-state index contributed by atoms with van der Waals surface area (Å²) in [5.41, 5.74) is 1.14. The standard InChI is InChI=1S/C14H20N2O3/c1-10-4-6-13(7-5-10)19-11(2)14(18)16-9-8-15-12(3)17/h4-7,11H,8-9H2,1-3H3,(H,15,17)(H,16,18). The molecule has 2 amide bonds. The Bertz CT molecular complexity index is 429. The van der Waals surface area contributed by atoms with Gasteiger partial charge in [-0.3, -0.25) is 9.59 Å². The molecular weight excluding hydrogens is 244 g/mol. The van der Waals surface area contributed by atoms with Crippen molar-refractivity contribution in [1.29, 1.82) is 0 Å². The number of rotatable bonds is 6. The summed E-state index contributed by atoms with van der Waals surface area (Å²) in [6.45, 7) is 5.92. The first-order valence-corrected chi connectivity index (χ1v) is 6.24. The van der Waals surface area contributed by atoms with E-state index in [1.165, 1.54) is 6.92 Å². The molecule has 5 heteroatoms. The second kappa shape index (κ2) is 7.41. The molecule has 0 radical (unpaired) electrons. The van der Waals surface area contributed by atoms with Gasteiger partial charge in [0.1, 0.15) is 5.75 Å². The molecule has 104 valence electrons. The molecule has 1 aromatic carbocycles. The van der Waals surface area contributed by atoms with E-state index in [0.717, 1.165) is 5.56 Å². The van der Waals surface area contributed by atoms with Gasteiger partial charge in [-0.05, 0) is 26.0 Å². The van der Waals surface area contributed by atoms with Crippen LogP contribution in [0.15, 0.2) is 24.3 Å². The van der Waals surface area contributed by atoms with Crippen LogP contribution in [0, 0.1) is 6.92 Å². The van der Waals surface area contributed by atoms with E-state index < -0.39 is 6.10 Å². The molecule has 0 saturated heterocycles. The van der Waals surface area contributed by atoms with Crippen molar-refractivity contribution in [1.82, 2.24) is 10.6 Å². The summed E-state index contributed by atoms with van der Waals surface area (Å²) < 4.78 is 5.51. The van der Waals surface area contributed by atoms with Gasteiger partial charge in [-0.2, -0.15) is 0 Å². The number of amides is 2. The smallest absolute Gasteiger partial charge is 0.260 e. The van der Waals surface area contributed by atoms with Crippen LogP contribution in [0.1, 0.15) is 19.4 Å². The zero-order chi connectivity index (χ0) is 14.3. The summed E-state index contributed by atoms with van der Waals surface area (Å²) in [5.74, 6) is 0.347. The molecule has 1 unspecified atom stereocenters. The van der Waals surface area contributed by atoms with Crippen LogP contribution in [0.3, 0.4) is 0 Å². The van der Waals surface area contributed by atoms with E-state index in [4.69, 9.17) is 4.74 Å². The summed E-state index contributed by atoms with van der Waals surface area (Å²) in [7, 11) is 0. The summed E-state index contributed by atoms with van der Waals surface area (Å²) >= 11 is 0. The van der Waals surface area contributed by atoms with Gasteiger partial charge in [-0.1, -0.05) is 17.7 Å². The summed E-state index contributed by atoms with van der Waals surface area (Å²) in [4.78, 5) is 22.4. The van der Waals surface area contributed by atoms with E-state index in [1.807, 2.05) is 31.2 Å². The number of carbonyl (C=O) groups is 2. The van der Waals surface area contributed by atoms with E-state index >= 15 is 0 Å². The molecule has 0 bridgehead atoms. The third-order valence-electron chi connectivity index (χ3n) is 2.50. The van der Waals surface area contributed by atoms with Gasteiger partial charge < -0.3 is 15.4 Å². The van der Waals surface area contributed by atoms with Crippen molar-refractivity contribution >= 4 is 11.8 Å². The Kier molecular flexibility index (Phi) is 5.85. The van der Waals surface area contributed by atoms with E-state index in [9.17, 15) is 9.59 Å². The van der Waals surface area contributed by atoms with Crippen LogP contribution >= 0.6 is 0 Å². The molecule has 5 nitrogen and oxygen atoms in total. The van der Waals surface area contributed by atoms with E-state index in [0.29, 0.717) is 18.8 Å². The Hall–Kier alpha value is -2.04. The first kappa shape index (κ1) is 15.0. The number of benzene rings is 1. The maximum atomic E-state index is 11.7. The predicted octanol–water partition coefficient (Wildman–Crippen LogP) is 1.01. The molecule has 0 aliphatic rings. The molecule has 1 atom stereocenters. The Labute approximate surface area is 113 Å². The highest BCUT2D eigenvalue weighted by Gasteiger charge is 2.13. The second-order valence-electron chi connectivity index (χ2n) is 4.35. The molecule has 1 rings (SSSR count). The molecule has 0 aromatic heterocycles. The van der Waals surface area contributed by atoms with Crippen LogP contribution in [0.5, 0.6) is 5.75 Å². The van der Waals surface area contributed by atoms with Gasteiger partial charge in [0.05, 0.1) is 0 Å². The van der Waals surface area contributed by atoms with Crippen LogP contribution in [-0.4, -0.2) is 31.0 Å². The Morgan fingerprint density at radius 3 is 2.32 bits per heavy atom. The Balaban J connectivity index is 2.32. The lowest BCUT2D eigenvalue weighted by Crippen LogP contribution is -2.40. The Morgan fingerprint density at radius 1 is 1.16 bits per heavy atom. The lowest BCUT2D eigenvalue weighted by molar-refractivity contribution is -0.127. The van der Waals surface area contributed by atoms with Crippen molar-refractivity contribution in [3.05, 3.63) is 29.8 Å². The van der Waals surface area contributed by atoms with Crippen LogP contribution in [-0.2, 0) is 9.59 Å². The van der Waals surface area contributed by atoms with E-state index in [1.54, 1.807) is 6.92 Å². The van der Waals surface area contributed by atoms with Crippen molar-refractivity contribution in [3.8, 4) is 5.75 Å². The first-order chi connectivity index (χ1) is 8.99. The Morgan fingerprint density at radius 2 is 1.74 bits per heavy atom. The quantitative estimate of drug-likeness (QED) is 0.754. The minimum Gasteiger partial charge on any atom is -0.481 e. The fourth-order valence-electron chi connectivity index (χ4n) is 1.44. The maximum Gasteiger partial charge on any atom is 0.260 e. The minimum absolute atomic E-state index is 0.113. The zero-order valence-corrected chi connectivity index (χ0v) is 11.5. The first-order valence-electron chi connectivity index (χ1n) is 6.24. The number of carbonyl (C=O) groups excluding carboxylic acids is 2. The number of aryl methyl sites for hydroxylation is 1. The van der Waals surface area contributed by atoms with Crippen LogP contribution in [0.25, 0.3) is 0 Å². The van der Waals surface area contributed by atoms with Crippen molar-refractivity contribution in [2.45, 2.75) is 26.9 Å². The van der Waals surface area contributed by atoms with Crippen molar-refractivity contribution < 1.29 is 14.3 Å². The van der Waals surface area contributed by atoms with Crippen LogP contribution in [0.2, 0.25) is 0 Å². The summed E-state index contributed by atoms with van der Waals surface area (Å²) in [5, 5.41) is 5.29. The number of nitrogens with one attached hydrogen (secondary N) is 2. The monoisotopic (exact) mass is 264 g/mol. The van der Waals surface area contributed by atoms with Gasteiger partial charge in [0, 0.05) is 20.0 Å². The molecule has 0 spiro atoms. The molecule has 0 saturated carbocycles. The second-order valence-corrected chi connectivity index (χ2v) is 4.35. The van der Waals surface area contributed by atoms with Crippen LogP contribution in [0.4, 0.5) is 0 Å². The summed E-state index contributed by atoms with van der Waals surface area (Å²) in [6, 6.07) is 7.51. The highest BCUT2D eigenvalue weighted by Crippen LogP contribution is 2.13. The molecule has 0 fully saturated rings. The molecule has 2 N–H and O–H groups in total. The molecular formula is C14H20N2O3. The van der Waals surface area contributed by atoms with Gasteiger partial charge in [0.15, 0.2) is 6.10 Å². The van der Waals surface area contributed by atoms with Gasteiger partial charge in [0.25, 0.3) is 5.91 Å². The third-order valence-corrected chi connectivity index (χ3v) is 2.50. The third kappa shape index (κ3) is 5.90. The van der Waals surface area contributed by atoms with Crippen molar-refractivity contribution in [2.24, 2.45) is 0 Å². The maximum absolute atomic E-state index is 11.7. The van der Waals surface area contributed by atoms with Gasteiger partial charge in [-0.25, -0.2) is 0 Å². The highest BCUT2D eigenvalue weighted by molar-refractivity contribution is 5.80. The minimum atomic E-state index is -0.569. The van der Waals surface area contributed by atoms with E-state index in [-0.39, 0.29) is 11.8 Å². The largest absolute Gasteiger partial charge is 0.481 e. The van der Waals surface area contributed by atoms with Crippen LogP contribution < -0.4 is 15.4 Å².